The van der Waals surface area contributed by atoms with Gasteiger partial charge in [0, 0.05) is 45.1 Å². The third-order valence-electron chi connectivity index (χ3n) is 5.85. The number of aromatic nitrogens is 1. The highest BCUT2D eigenvalue weighted by molar-refractivity contribution is 7.12. The van der Waals surface area contributed by atoms with Crippen molar-refractivity contribution in [1.29, 1.82) is 0 Å². The van der Waals surface area contributed by atoms with Crippen LogP contribution in [0, 0.1) is 0 Å². The molecule has 0 aliphatic carbocycles. The Morgan fingerprint density at radius 3 is 2.09 bits per heavy atom. The van der Waals surface area contributed by atoms with E-state index >= 15 is 0 Å². The minimum atomic E-state index is -0.0960. The Balaban J connectivity index is 1.64. The summed E-state index contributed by atoms with van der Waals surface area (Å²) < 4.78 is 2.21. The molecule has 0 amide bonds. The molecule has 0 unspecified atom stereocenters. The Labute approximate surface area is 190 Å². The smallest absolute Gasteiger partial charge is 0.202 e. The third-order valence-corrected chi connectivity index (χ3v) is 6.72. The molecule has 0 spiro atoms. The van der Waals surface area contributed by atoms with Crippen molar-refractivity contribution in [3.8, 4) is 0 Å². The number of nitrogens with zero attached hydrogens (tertiary/aromatic N) is 1. The van der Waals surface area contributed by atoms with E-state index in [1.54, 1.807) is 0 Å². The first-order valence-corrected chi connectivity index (χ1v) is 11.4. The molecule has 32 heavy (non-hydrogen) atoms. The number of aryl methyl sites for hydroxylation is 1. The number of carbonyl (C=O) groups is 2. The van der Waals surface area contributed by atoms with Gasteiger partial charge in [-0.15, -0.1) is 11.3 Å². The van der Waals surface area contributed by atoms with Gasteiger partial charge in [0.1, 0.15) is 0 Å². The summed E-state index contributed by atoms with van der Waals surface area (Å²) in [7, 11) is 0. The molecule has 5 rings (SSSR count). The summed E-state index contributed by atoms with van der Waals surface area (Å²) >= 11 is 1.44. The van der Waals surface area contributed by atoms with Crippen molar-refractivity contribution < 1.29 is 9.59 Å². The first kappa shape index (κ1) is 20.2. The highest BCUT2D eigenvalue weighted by Crippen LogP contribution is 2.32. The largest absolute Gasteiger partial charge is 0.341 e. The number of ketones is 2. The van der Waals surface area contributed by atoms with E-state index in [9.17, 15) is 9.59 Å². The lowest BCUT2D eigenvalue weighted by Gasteiger charge is -2.06. The quantitative estimate of drug-likeness (QED) is 0.213. The van der Waals surface area contributed by atoms with Gasteiger partial charge in [0.2, 0.25) is 5.78 Å². The summed E-state index contributed by atoms with van der Waals surface area (Å²) in [5, 5.41) is 3.85. The van der Waals surface area contributed by atoms with Gasteiger partial charge in [-0.1, -0.05) is 43.0 Å². The number of carbonyl (C=O) groups excluding carboxylic acids is 2. The van der Waals surface area contributed by atoms with Crippen molar-refractivity contribution in [1.82, 2.24) is 4.57 Å². The second-order valence-electron chi connectivity index (χ2n) is 7.69. The van der Waals surface area contributed by atoms with E-state index in [0.29, 0.717) is 16.7 Å². The van der Waals surface area contributed by atoms with Crippen molar-refractivity contribution >= 4 is 50.3 Å². The Morgan fingerprint density at radius 1 is 0.812 bits per heavy atom. The van der Waals surface area contributed by atoms with Gasteiger partial charge in [-0.2, -0.15) is 0 Å². The second kappa shape index (κ2) is 8.06. The number of hydrogen-bond donors (Lipinski definition) is 0. The Hall–Kier alpha value is -3.76. The van der Waals surface area contributed by atoms with E-state index in [2.05, 4.69) is 18.1 Å². The molecule has 5 aromatic rings. The van der Waals surface area contributed by atoms with Gasteiger partial charge in [0.05, 0.1) is 4.88 Å². The SMILES string of the molecule is C=C(C(=O)c1ccc2c(c1)c1cc(C(=O)c3cccs3)ccc1n2CC)c1ccccc1. The number of benzene rings is 3. The fourth-order valence-electron chi connectivity index (χ4n) is 4.22. The van der Waals surface area contributed by atoms with Crippen LogP contribution in [0.1, 0.15) is 38.1 Å². The van der Waals surface area contributed by atoms with E-state index in [-0.39, 0.29) is 11.6 Å². The molecule has 0 radical (unpaired) electrons. The molecule has 0 atom stereocenters. The van der Waals surface area contributed by atoms with Crippen molar-refractivity contribution in [2.75, 3.05) is 0 Å². The molecule has 0 saturated heterocycles. The zero-order valence-electron chi connectivity index (χ0n) is 17.7. The van der Waals surface area contributed by atoms with Crippen LogP contribution < -0.4 is 0 Å². The maximum Gasteiger partial charge on any atom is 0.202 e. The van der Waals surface area contributed by atoms with Gasteiger partial charge < -0.3 is 4.57 Å². The number of thiophene rings is 1. The van der Waals surface area contributed by atoms with Crippen LogP contribution in [0.5, 0.6) is 0 Å². The van der Waals surface area contributed by atoms with Crippen LogP contribution >= 0.6 is 11.3 Å². The predicted molar refractivity (Wildman–Crippen MR) is 133 cm³/mol. The highest BCUT2D eigenvalue weighted by atomic mass is 32.1. The Kier molecular flexibility index (Phi) is 5.08. The first-order chi connectivity index (χ1) is 15.6. The number of rotatable bonds is 6. The lowest BCUT2D eigenvalue weighted by molar-refractivity contribution is 0.103. The van der Waals surface area contributed by atoms with Crippen molar-refractivity contribution in [2.24, 2.45) is 0 Å². The lowest BCUT2D eigenvalue weighted by Crippen LogP contribution is -2.02. The zero-order valence-corrected chi connectivity index (χ0v) is 18.5. The third kappa shape index (κ3) is 3.29. The van der Waals surface area contributed by atoms with Crippen LogP contribution in [0.3, 0.4) is 0 Å². The van der Waals surface area contributed by atoms with Crippen LogP contribution in [0.25, 0.3) is 27.4 Å². The highest BCUT2D eigenvalue weighted by Gasteiger charge is 2.18. The maximum absolute atomic E-state index is 13.2. The van der Waals surface area contributed by atoms with E-state index in [1.165, 1.54) is 11.3 Å². The van der Waals surface area contributed by atoms with Crippen LogP contribution in [-0.2, 0) is 6.54 Å². The van der Waals surface area contributed by atoms with Crippen molar-refractivity contribution in [2.45, 2.75) is 13.5 Å². The van der Waals surface area contributed by atoms with Crippen LogP contribution in [0.15, 0.2) is 90.8 Å². The molecule has 0 bridgehead atoms. The first-order valence-electron chi connectivity index (χ1n) is 10.5. The molecular formula is C28H21NO2S. The average Bonchev–Trinajstić information content (AvgIpc) is 3.49. The van der Waals surface area contributed by atoms with Gasteiger partial charge in [0.15, 0.2) is 5.78 Å². The van der Waals surface area contributed by atoms with E-state index in [1.807, 2.05) is 84.2 Å². The molecule has 0 saturated carbocycles. The standard InChI is InChI=1S/C28H21NO2S/c1-3-29-24-13-11-20(27(30)18(2)19-8-5-4-6-9-19)16-22(24)23-17-21(12-14-25(23)29)28(31)26-10-7-15-32-26/h4-17H,2-3H2,1H3. The van der Waals surface area contributed by atoms with Crippen molar-refractivity contribution in [3.63, 3.8) is 0 Å². The van der Waals surface area contributed by atoms with Gasteiger partial charge in [0.25, 0.3) is 0 Å². The molecule has 0 fully saturated rings. The summed E-state index contributed by atoms with van der Waals surface area (Å²) in [6.45, 7) is 6.92. The van der Waals surface area contributed by atoms with E-state index in [0.717, 1.165) is 38.8 Å². The molecule has 2 aromatic heterocycles. The molecule has 3 nitrogen and oxygen atoms in total. The average molecular weight is 436 g/mol. The molecule has 0 aliphatic rings. The zero-order chi connectivity index (χ0) is 22.2. The monoisotopic (exact) mass is 435 g/mol. The van der Waals surface area contributed by atoms with Crippen molar-refractivity contribution in [3.05, 3.63) is 112 Å². The van der Waals surface area contributed by atoms with Gasteiger partial charge in [-0.25, -0.2) is 0 Å². The molecule has 4 heteroatoms. The van der Waals surface area contributed by atoms with Crippen LogP contribution in [-0.4, -0.2) is 16.1 Å². The molecule has 156 valence electrons. The minimum absolute atomic E-state index is 0.0176. The fraction of sp³-hybridized carbons (Fsp3) is 0.0714. The van der Waals surface area contributed by atoms with Gasteiger partial charge in [-0.05, 0) is 60.3 Å². The summed E-state index contributed by atoms with van der Waals surface area (Å²) in [6, 6.07) is 24.9. The summed E-state index contributed by atoms with van der Waals surface area (Å²) in [5.74, 6) is -0.0784. The predicted octanol–water partition coefficient (Wildman–Crippen LogP) is 7.00. The Bertz CT molecular complexity index is 1490. The van der Waals surface area contributed by atoms with Crippen LogP contribution in [0.2, 0.25) is 0 Å². The topological polar surface area (TPSA) is 39.1 Å². The molecule has 2 heterocycles. The second-order valence-corrected chi connectivity index (χ2v) is 8.64. The lowest BCUT2D eigenvalue weighted by atomic mass is 9.97. The van der Waals surface area contributed by atoms with E-state index < -0.39 is 0 Å². The fourth-order valence-corrected chi connectivity index (χ4v) is 4.91. The van der Waals surface area contributed by atoms with Gasteiger partial charge >= 0.3 is 0 Å². The summed E-state index contributed by atoms with van der Waals surface area (Å²) in [6.07, 6.45) is 0. The molecular weight excluding hydrogens is 414 g/mol. The Morgan fingerprint density at radius 2 is 1.47 bits per heavy atom. The van der Waals surface area contributed by atoms with Gasteiger partial charge in [-0.3, -0.25) is 9.59 Å². The van der Waals surface area contributed by atoms with Crippen LogP contribution in [0.4, 0.5) is 0 Å². The molecule has 0 aliphatic heterocycles. The number of allylic oxidation sites excluding steroid dienone is 1. The molecule has 3 aromatic carbocycles. The minimum Gasteiger partial charge on any atom is -0.341 e. The number of Topliss-reactive ketones (excluding diaryl/α,β-unsaturated/α-hetero) is 1. The molecule has 0 N–H and O–H groups in total. The number of fused-ring (bicyclic) bond motifs is 3. The van der Waals surface area contributed by atoms with E-state index in [4.69, 9.17) is 0 Å². The summed E-state index contributed by atoms with van der Waals surface area (Å²) in [5.41, 5.74) is 4.63. The number of hydrogen-bond acceptors (Lipinski definition) is 3. The summed E-state index contributed by atoms with van der Waals surface area (Å²) in [4.78, 5) is 26.8. The maximum atomic E-state index is 13.2. The normalized spacial score (nSPS) is 11.2.